The summed E-state index contributed by atoms with van der Waals surface area (Å²) in [5.74, 6) is -1.01. The molecule has 1 saturated heterocycles. The molecule has 164 valence electrons. The molecule has 0 saturated carbocycles. The summed E-state index contributed by atoms with van der Waals surface area (Å²) in [5, 5.41) is 44.4. The molecule has 13 heteroatoms. The summed E-state index contributed by atoms with van der Waals surface area (Å²) in [6.45, 7) is 1.82. The maximum Gasteiger partial charge on any atom is 0.240 e. The summed E-state index contributed by atoms with van der Waals surface area (Å²) in [4.78, 5) is 29.0. The van der Waals surface area contributed by atoms with E-state index < -0.39 is 33.7 Å². The molecule has 1 aliphatic rings. The summed E-state index contributed by atoms with van der Waals surface area (Å²) in [6, 6.07) is 8.26. The Morgan fingerprint density at radius 3 is 2.68 bits per heavy atom. The molecule has 2 aromatic rings. The van der Waals surface area contributed by atoms with Gasteiger partial charge in [-0.3, -0.25) is 20.0 Å². The van der Waals surface area contributed by atoms with Crippen LogP contribution in [0.15, 0.2) is 41.4 Å². The molecule has 0 radical (unpaired) electrons. The number of halogens is 1. The average Bonchev–Trinajstić information content (AvgIpc) is 3.02. The minimum Gasteiger partial charge on any atom is -0.769 e. The third-order valence-electron chi connectivity index (χ3n) is 4.21. The van der Waals surface area contributed by atoms with Crippen molar-refractivity contribution in [1.82, 2.24) is 5.32 Å². The Morgan fingerprint density at radius 1 is 1.29 bits per heavy atom. The highest BCUT2D eigenvalue weighted by Crippen LogP contribution is 2.31. The van der Waals surface area contributed by atoms with Crippen LogP contribution in [-0.4, -0.2) is 32.6 Å². The van der Waals surface area contributed by atoms with Gasteiger partial charge in [-0.1, -0.05) is 23.4 Å². The highest BCUT2D eigenvalue weighted by atomic mass is 35.5. The first-order valence-electron chi connectivity index (χ1n) is 8.72. The smallest absolute Gasteiger partial charge is 0.240 e. The molecule has 11 nitrogen and oxygen atoms in total. The molecule has 1 aliphatic heterocycles. The fourth-order valence-electron chi connectivity index (χ4n) is 2.72. The first kappa shape index (κ1) is 22.8. The van der Waals surface area contributed by atoms with E-state index >= 15 is 0 Å². The molecule has 0 spiro atoms. The lowest BCUT2D eigenvalue weighted by Gasteiger charge is -2.38. The van der Waals surface area contributed by atoms with Crippen LogP contribution in [0.2, 0.25) is 5.02 Å². The Morgan fingerprint density at radius 2 is 2.03 bits per heavy atom. The van der Waals surface area contributed by atoms with Crippen molar-refractivity contribution >= 4 is 63.1 Å². The molecule has 1 atom stereocenters. The second-order valence-corrected chi connectivity index (χ2v) is 8.07. The van der Waals surface area contributed by atoms with Crippen molar-refractivity contribution < 1.29 is 20.0 Å². The monoisotopic (exact) mass is 465 g/mol. The quantitative estimate of drug-likeness (QED) is 0.468. The van der Waals surface area contributed by atoms with Gasteiger partial charge < -0.3 is 26.3 Å². The predicted octanol–water partition coefficient (Wildman–Crippen LogP) is 3.28. The van der Waals surface area contributed by atoms with Gasteiger partial charge in [-0.15, -0.1) is 5.23 Å². The summed E-state index contributed by atoms with van der Waals surface area (Å²) in [5.41, 5.74) is 0.574. The number of benzene rings is 2. The number of hydrogen-bond acceptors (Lipinski definition) is 10. The predicted molar refractivity (Wildman–Crippen MR) is 118 cm³/mol. The summed E-state index contributed by atoms with van der Waals surface area (Å²) >= 11 is 7.00. The maximum atomic E-state index is 12.4. The standard InChI is InChI=1S/C18H16ClN5O6S/c1-9-6-10(19)2-4-12(9)21-18-22-17(26)15(31-18)8-16(25)20-13-5-3-11(23(27)28)7-14(13)24(29)30/h2-7,15,29-30H,8H2,1H3,(H,20,25)(H,21,22,26)/q-2. The number of nitrogens with one attached hydrogen (secondary N) is 2. The van der Waals surface area contributed by atoms with Crippen molar-refractivity contribution in [2.24, 2.45) is 4.99 Å². The van der Waals surface area contributed by atoms with Gasteiger partial charge in [-0.25, -0.2) is 4.99 Å². The van der Waals surface area contributed by atoms with Crippen LogP contribution < -0.4 is 21.1 Å². The zero-order chi connectivity index (χ0) is 22.7. The molecule has 1 heterocycles. The topological polar surface area (TPSA) is 164 Å². The Hall–Kier alpha value is -2.87. The third kappa shape index (κ3) is 5.64. The van der Waals surface area contributed by atoms with Crippen molar-refractivity contribution in [3.8, 4) is 0 Å². The van der Waals surface area contributed by atoms with Crippen LogP contribution in [0, 0.1) is 17.3 Å². The first-order chi connectivity index (χ1) is 14.6. The number of rotatable bonds is 6. The van der Waals surface area contributed by atoms with Crippen molar-refractivity contribution in [2.75, 3.05) is 15.8 Å². The zero-order valence-corrected chi connectivity index (χ0v) is 17.5. The van der Waals surface area contributed by atoms with E-state index in [4.69, 9.17) is 11.6 Å². The lowest BCUT2D eigenvalue weighted by Crippen LogP contribution is -2.28. The minimum absolute atomic E-state index is 0.0744. The molecule has 31 heavy (non-hydrogen) atoms. The molecule has 2 aromatic carbocycles. The van der Waals surface area contributed by atoms with Crippen LogP contribution in [-0.2, 0) is 9.59 Å². The molecule has 3 rings (SSSR count). The van der Waals surface area contributed by atoms with Crippen molar-refractivity contribution in [3.63, 3.8) is 0 Å². The van der Waals surface area contributed by atoms with Crippen LogP contribution in [0.1, 0.15) is 12.0 Å². The Balaban J connectivity index is 1.68. The number of amides is 2. The lowest BCUT2D eigenvalue weighted by molar-refractivity contribution is -0.122. The van der Waals surface area contributed by atoms with E-state index in [-0.39, 0.29) is 17.3 Å². The van der Waals surface area contributed by atoms with Gasteiger partial charge in [0.1, 0.15) is 10.9 Å². The largest absolute Gasteiger partial charge is 0.769 e. The number of amidine groups is 1. The van der Waals surface area contributed by atoms with Gasteiger partial charge in [-0.05, 0) is 48.9 Å². The van der Waals surface area contributed by atoms with Crippen LogP contribution >= 0.6 is 23.4 Å². The van der Waals surface area contributed by atoms with E-state index in [1.165, 1.54) is 0 Å². The van der Waals surface area contributed by atoms with Gasteiger partial charge in [0, 0.05) is 17.1 Å². The lowest BCUT2D eigenvalue weighted by atomic mass is 10.2. The van der Waals surface area contributed by atoms with E-state index in [2.05, 4.69) is 15.6 Å². The van der Waals surface area contributed by atoms with Crippen molar-refractivity contribution in [3.05, 3.63) is 57.4 Å². The van der Waals surface area contributed by atoms with Crippen LogP contribution in [0.4, 0.5) is 22.7 Å². The fraction of sp³-hybridized carbons (Fsp3) is 0.167. The number of carbonyl (C=O) groups excluding carboxylic acids is 2. The third-order valence-corrected chi connectivity index (χ3v) is 5.53. The van der Waals surface area contributed by atoms with Crippen LogP contribution in [0.3, 0.4) is 0 Å². The van der Waals surface area contributed by atoms with Gasteiger partial charge in [0.2, 0.25) is 11.8 Å². The molecule has 0 aliphatic carbocycles. The van der Waals surface area contributed by atoms with E-state index in [0.29, 0.717) is 15.9 Å². The fourth-order valence-corrected chi connectivity index (χ4v) is 3.93. The Kier molecular flexibility index (Phi) is 7.00. The average molecular weight is 466 g/mol. The van der Waals surface area contributed by atoms with E-state index in [9.17, 15) is 30.4 Å². The SMILES string of the molecule is Cc1cc(Cl)ccc1N=C1NC(=O)C(CC(=O)Nc2ccc(N([O-])[O-])cc2N(O)O)S1. The number of aliphatic imine (C=N–C) groups is 1. The molecule has 4 N–H and O–H groups in total. The molecular formula is C18H16ClN5O6S-2. The number of carbonyl (C=O) groups is 2. The van der Waals surface area contributed by atoms with Crippen LogP contribution in [0.25, 0.3) is 0 Å². The van der Waals surface area contributed by atoms with Gasteiger partial charge in [0.15, 0.2) is 5.17 Å². The number of hydrogen-bond donors (Lipinski definition) is 4. The van der Waals surface area contributed by atoms with E-state index in [1.54, 1.807) is 18.2 Å². The molecule has 0 bridgehead atoms. The van der Waals surface area contributed by atoms with Crippen molar-refractivity contribution in [1.29, 1.82) is 0 Å². The normalized spacial score (nSPS) is 16.9. The Bertz CT molecular complexity index is 1050. The minimum atomic E-state index is -0.757. The number of aryl methyl sites for hydroxylation is 1. The van der Waals surface area contributed by atoms with E-state index in [0.717, 1.165) is 35.5 Å². The Labute approximate surface area is 185 Å². The summed E-state index contributed by atoms with van der Waals surface area (Å²) < 4.78 is 0. The molecule has 1 fully saturated rings. The summed E-state index contributed by atoms with van der Waals surface area (Å²) in [6.07, 6.45) is -0.234. The number of nitrogens with zero attached hydrogens (tertiary/aromatic N) is 3. The molecule has 2 amide bonds. The molecule has 0 aromatic heterocycles. The maximum absolute atomic E-state index is 12.4. The van der Waals surface area contributed by atoms with Gasteiger partial charge in [-0.2, -0.15) is 0 Å². The highest BCUT2D eigenvalue weighted by molar-refractivity contribution is 8.15. The van der Waals surface area contributed by atoms with Crippen LogP contribution in [0.5, 0.6) is 0 Å². The number of anilines is 3. The molecule has 1 unspecified atom stereocenters. The van der Waals surface area contributed by atoms with Gasteiger partial charge in [0.05, 0.1) is 11.4 Å². The second-order valence-electron chi connectivity index (χ2n) is 6.44. The highest BCUT2D eigenvalue weighted by Gasteiger charge is 2.32. The first-order valence-corrected chi connectivity index (χ1v) is 9.98. The number of thioether (sulfide) groups is 1. The van der Waals surface area contributed by atoms with Crippen molar-refractivity contribution in [2.45, 2.75) is 18.6 Å². The van der Waals surface area contributed by atoms with Gasteiger partial charge >= 0.3 is 0 Å². The second kappa shape index (κ2) is 9.51. The summed E-state index contributed by atoms with van der Waals surface area (Å²) in [7, 11) is 0. The van der Waals surface area contributed by atoms with Gasteiger partial charge in [0.25, 0.3) is 0 Å². The zero-order valence-electron chi connectivity index (χ0n) is 15.9. The van der Waals surface area contributed by atoms with E-state index in [1.807, 2.05) is 6.92 Å². The molecular weight excluding hydrogens is 450 g/mol.